The summed E-state index contributed by atoms with van der Waals surface area (Å²) in [7, 11) is 5.42. The summed E-state index contributed by atoms with van der Waals surface area (Å²) in [5.74, 6) is 0.771. The van der Waals surface area contributed by atoms with Gasteiger partial charge in [-0.3, -0.25) is 9.89 Å². The van der Waals surface area contributed by atoms with Crippen molar-refractivity contribution in [1.29, 1.82) is 0 Å². The molecular weight excluding hydrogens is 344 g/mol. The lowest BCUT2D eigenvalue weighted by atomic mass is 10.0. The minimum absolute atomic E-state index is 0.0196. The Hall–Kier alpha value is -2.38. The number of carbonyl (C=O) groups is 1. The molecule has 146 valence electrons. The van der Waals surface area contributed by atoms with Crippen LogP contribution in [0, 0.1) is 0 Å². The van der Waals surface area contributed by atoms with E-state index >= 15 is 0 Å². The standard InChI is InChI=1S/C20H28N4O3/c1-23-10-8-16(9-11-23)24(12-13-26-2)20(25)19-14-18(21-22-19)15-4-6-17(27-3)7-5-15/h4-7,14,16H,8-13H2,1-3H3,(H,21,22). The number of nitrogens with zero attached hydrogens (tertiary/aromatic N) is 3. The average molecular weight is 372 g/mol. The molecule has 1 aliphatic rings. The first-order chi connectivity index (χ1) is 13.1. The number of benzene rings is 1. The lowest BCUT2D eigenvalue weighted by Gasteiger charge is -2.37. The van der Waals surface area contributed by atoms with Gasteiger partial charge in [0.2, 0.25) is 0 Å². The Labute approximate surface area is 160 Å². The maximum Gasteiger partial charge on any atom is 0.272 e. The molecule has 1 aliphatic heterocycles. The van der Waals surface area contributed by atoms with Crippen LogP contribution in [0.4, 0.5) is 0 Å². The quantitative estimate of drug-likeness (QED) is 0.807. The van der Waals surface area contributed by atoms with E-state index in [1.54, 1.807) is 14.2 Å². The predicted octanol–water partition coefficient (Wildman–Crippen LogP) is 2.27. The zero-order valence-corrected chi connectivity index (χ0v) is 16.3. The second-order valence-electron chi connectivity index (χ2n) is 6.92. The molecule has 7 nitrogen and oxygen atoms in total. The normalized spacial score (nSPS) is 15.7. The highest BCUT2D eigenvalue weighted by Crippen LogP contribution is 2.23. The maximum absolute atomic E-state index is 13.1. The third-order valence-corrected chi connectivity index (χ3v) is 5.12. The number of nitrogens with one attached hydrogen (secondary N) is 1. The number of likely N-dealkylation sites (tertiary alicyclic amines) is 1. The van der Waals surface area contributed by atoms with Gasteiger partial charge in [-0.05, 0) is 63.3 Å². The molecule has 0 unspecified atom stereocenters. The summed E-state index contributed by atoms with van der Waals surface area (Å²) in [4.78, 5) is 17.4. The van der Waals surface area contributed by atoms with Crippen LogP contribution in [-0.2, 0) is 4.74 Å². The van der Waals surface area contributed by atoms with Gasteiger partial charge in [-0.2, -0.15) is 5.10 Å². The maximum atomic E-state index is 13.1. The van der Waals surface area contributed by atoms with E-state index in [1.165, 1.54) is 0 Å². The number of ether oxygens (including phenoxy) is 2. The van der Waals surface area contributed by atoms with E-state index in [1.807, 2.05) is 35.2 Å². The number of H-pyrrole nitrogens is 1. The number of methoxy groups -OCH3 is 2. The summed E-state index contributed by atoms with van der Waals surface area (Å²) in [6.45, 7) is 3.11. The molecule has 2 heterocycles. The van der Waals surface area contributed by atoms with Gasteiger partial charge in [-0.1, -0.05) is 0 Å². The van der Waals surface area contributed by atoms with E-state index in [0.717, 1.165) is 42.9 Å². The van der Waals surface area contributed by atoms with Crippen molar-refractivity contribution in [2.24, 2.45) is 0 Å². The van der Waals surface area contributed by atoms with Gasteiger partial charge in [0.05, 0.1) is 19.4 Å². The number of hydrogen-bond acceptors (Lipinski definition) is 5. The molecule has 2 aromatic rings. The van der Waals surface area contributed by atoms with Crippen molar-refractivity contribution in [3.8, 4) is 17.0 Å². The van der Waals surface area contributed by atoms with Crippen molar-refractivity contribution in [3.05, 3.63) is 36.0 Å². The van der Waals surface area contributed by atoms with Crippen molar-refractivity contribution in [3.63, 3.8) is 0 Å². The summed E-state index contributed by atoms with van der Waals surface area (Å²) in [5, 5.41) is 7.24. The van der Waals surface area contributed by atoms with Gasteiger partial charge in [0.1, 0.15) is 11.4 Å². The van der Waals surface area contributed by atoms with Crippen LogP contribution < -0.4 is 4.74 Å². The third-order valence-electron chi connectivity index (χ3n) is 5.12. The summed E-state index contributed by atoms with van der Waals surface area (Å²) in [6.07, 6.45) is 1.96. The minimum atomic E-state index is -0.0196. The topological polar surface area (TPSA) is 70.7 Å². The van der Waals surface area contributed by atoms with Crippen LogP contribution in [0.25, 0.3) is 11.3 Å². The number of aromatic nitrogens is 2. The van der Waals surface area contributed by atoms with Gasteiger partial charge in [0.25, 0.3) is 5.91 Å². The predicted molar refractivity (Wildman–Crippen MR) is 104 cm³/mol. The fourth-order valence-electron chi connectivity index (χ4n) is 3.44. The van der Waals surface area contributed by atoms with E-state index in [4.69, 9.17) is 9.47 Å². The molecule has 3 rings (SSSR count). The van der Waals surface area contributed by atoms with Gasteiger partial charge in [-0.15, -0.1) is 0 Å². The first kappa shape index (κ1) is 19.4. The Morgan fingerprint density at radius 3 is 2.59 bits per heavy atom. The number of aromatic amines is 1. The molecular formula is C20H28N4O3. The summed E-state index contributed by atoms with van der Waals surface area (Å²) >= 11 is 0. The molecule has 1 aromatic heterocycles. The summed E-state index contributed by atoms with van der Waals surface area (Å²) in [6, 6.07) is 9.69. The zero-order valence-electron chi connectivity index (χ0n) is 16.3. The van der Waals surface area contributed by atoms with Gasteiger partial charge in [-0.25, -0.2) is 0 Å². The smallest absolute Gasteiger partial charge is 0.272 e. The number of rotatable bonds is 7. The highest BCUT2D eigenvalue weighted by atomic mass is 16.5. The molecule has 0 atom stereocenters. The monoisotopic (exact) mass is 372 g/mol. The summed E-state index contributed by atoms with van der Waals surface area (Å²) in [5.41, 5.74) is 2.20. The number of amides is 1. The largest absolute Gasteiger partial charge is 0.497 e. The SMILES string of the molecule is COCCN(C(=O)c1cc(-c2ccc(OC)cc2)n[nH]1)C1CCN(C)CC1. The van der Waals surface area contributed by atoms with Gasteiger partial charge >= 0.3 is 0 Å². The second-order valence-corrected chi connectivity index (χ2v) is 6.92. The van der Waals surface area contributed by atoms with Crippen LogP contribution in [-0.4, -0.2) is 79.5 Å². The Morgan fingerprint density at radius 2 is 1.96 bits per heavy atom. The Kier molecular flexibility index (Phi) is 6.47. The van der Waals surface area contributed by atoms with E-state index in [-0.39, 0.29) is 11.9 Å². The van der Waals surface area contributed by atoms with E-state index < -0.39 is 0 Å². The lowest BCUT2D eigenvalue weighted by molar-refractivity contribution is 0.0499. The molecule has 7 heteroatoms. The molecule has 0 bridgehead atoms. The van der Waals surface area contributed by atoms with Crippen LogP contribution in [0.2, 0.25) is 0 Å². The number of carbonyl (C=O) groups excluding carboxylic acids is 1. The van der Waals surface area contributed by atoms with Gasteiger partial charge in [0.15, 0.2) is 0 Å². The molecule has 0 aliphatic carbocycles. The molecule has 1 aromatic carbocycles. The van der Waals surface area contributed by atoms with Crippen LogP contribution >= 0.6 is 0 Å². The van der Waals surface area contributed by atoms with Gasteiger partial charge < -0.3 is 19.3 Å². The van der Waals surface area contributed by atoms with Crippen molar-refractivity contribution < 1.29 is 14.3 Å². The van der Waals surface area contributed by atoms with Crippen LogP contribution in [0.5, 0.6) is 5.75 Å². The lowest BCUT2D eigenvalue weighted by Crippen LogP contribution is -2.47. The van der Waals surface area contributed by atoms with Gasteiger partial charge in [0, 0.05) is 25.3 Å². The van der Waals surface area contributed by atoms with E-state index in [2.05, 4.69) is 22.1 Å². The molecule has 1 amide bonds. The average Bonchev–Trinajstić information content (AvgIpc) is 3.19. The van der Waals surface area contributed by atoms with Crippen LogP contribution in [0.1, 0.15) is 23.3 Å². The first-order valence-electron chi connectivity index (χ1n) is 9.30. The highest BCUT2D eigenvalue weighted by molar-refractivity contribution is 5.93. The van der Waals surface area contributed by atoms with Crippen molar-refractivity contribution in [1.82, 2.24) is 20.0 Å². The molecule has 27 heavy (non-hydrogen) atoms. The summed E-state index contributed by atoms with van der Waals surface area (Å²) < 4.78 is 10.4. The van der Waals surface area contributed by atoms with E-state index in [0.29, 0.717) is 18.8 Å². The molecule has 0 spiro atoms. The Bertz CT molecular complexity index is 736. The van der Waals surface area contributed by atoms with Crippen molar-refractivity contribution in [2.45, 2.75) is 18.9 Å². The van der Waals surface area contributed by atoms with Crippen molar-refractivity contribution >= 4 is 5.91 Å². The third kappa shape index (κ3) is 4.67. The van der Waals surface area contributed by atoms with Crippen LogP contribution in [0.3, 0.4) is 0 Å². The first-order valence-corrected chi connectivity index (χ1v) is 9.30. The molecule has 1 fully saturated rings. The van der Waals surface area contributed by atoms with Crippen LogP contribution in [0.15, 0.2) is 30.3 Å². The van der Waals surface area contributed by atoms with Crippen molar-refractivity contribution in [2.75, 3.05) is 47.5 Å². The second kappa shape index (κ2) is 9.01. The Balaban J connectivity index is 1.76. The minimum Gasteiger partial charge on any atom is -0.497 e. The number of hydrogen-bond donors (Lipinski definition) is 1. The fraction of sp³-hybridized carbons (Fsp3) is 0.500. The number of piperidine rings is 1. The molecule has 1 N–H and O–H groups in total. The fourth-order valence-corrected chi connectivity index (χ4v) is 3.44. The molecule has 0 saturated carbocycles. The highest BCUT2D eigenvalue weighted by Gasteiger charge is 2.28. The molecule has 0 radical (unpaired) electrons. The van der Waals surface area contributed by atoms with E-state index in [9.17, 15) is 4.79 Å². The zero-order chi connectivity index (χ0) is 19.2. The Morgan fingerprint density at radius 1 is 1.26 bits per heavy atom. The molecule has 1 saturated heterocycles.